The number of carboxylic acid groups (broad SMARTS) is 1. The van der Waals surface area contributed by atoms with Crippen LogP contribution >= 0.6 is 0 Å². The number of aliphatic carboxylic acids is 1. The van der Waals surface area contributed by atoms with Gasteiger partial charge in [0.15, 0.2) is 0 Å². The van der Waals surface area contributed by atoms with Crippen molar-refractivity contribution in [2.45, 2.75) is 63.6 Å². The Hall–Kier alpha value is -1.30. The second kappa shape index (κ2) is 6.43. The van der Waals surface area contributed by atoms with E-state index < -0.39 is 18.1 Å². The van der Waals surface area contributed by atoms with E-state index in [2.05, 4.69) is 12.2 Å². The number of carbonyl (C=O) groups is 2. The Labute approximate surface area is 119 Å². The second-order valence-corrected chi connectivity index (χ2v) is 5.98. The maximum atomic E-state index is 12.2. The van der Waals surface area contributed by atoms with Gasteiger partial charge in [0.05, 0.1) is 6.10 Å². The van der Waals surface area contributed by atoms with Crippen molar-refractivity contribution >= 4 is 12.0 Å². The number of carbonyl (C=O) groups excluding carboxylic acids is 1. The van der Waals surface area contributed by atoms with Crippen molar-refractivity contribution in [3.8, 4) is 0 Å². The van der Waals surface area contributed by atoms with E-state index in [1.807, 2.05) is 0 Å². The summed E-state index contributed by atoms with van der Waals surface area (Å²) in [6.45, 7) is 2.26. The zero-order chi connectivity index (χ0) is 14.7. The number of nitrogens with one attached hydrogen (secondary N) is 1. The first-order valence-electron chi connectivity index (χ1n) is 7.49. The van der Waals surface area contributed by atoms with E-state index in [0.717, 1.165) is 25.7 Å². The summed E-state index contributed by atoms with van der Waals surface area (Å²) >= 11 is 0. The molecule has 1 saturated carbocycles. The zero-order valence-corrected chi connectivity index (χ0v) is 11.9. The number of nitrogens with zero attached hydrogens (tertiary/aromatic N) is 1. The van der Waals surface area contributed by atoms with Gasteiger partial charge in [-0.05, 0) is 18.8 Å². The Balaban J connectivity index is 1.92. The highest BCUT2D eigenvalue weighted by atomic mass is 16.4. The highest BCUT2D eigenvalue weighted by Crippen LogP contribution is 2.27. The minimum absolute atomic E-state index is 0.104. The van der Waals surface area contributed by atoms with Crippen LogP contribution in [0.2, 0.25) is 0 Å². The summed E-state index contributed by atoms with van der Waals surface area (Å²) in [6.07, 6.45) is 4.73. The summed E-state index contributed by atoms with van der Waals surface area (Å²) in [5.74, 6) is -0.403. The Morgan fingerprint density at radius 3 is 2.70 bits per heavy atom. The van der Waals surface area contributed by atoms with Crippen LogP contribution in [0.15, 0.2) is 0 Å². The van der Waals surface area contributed by atoms with Crippen LogP contribution in [0.5, 0.6) is 0 Å². The van der Waals surface area contributed by atoms with Gasteiger partial charge in [0.25, 0.3) is 0 Å². The molecule has 0 aromatic carbocycles. The summed E-state index contributed by atoms with van der Waals surface area (Å²) < 4.78 is 0. The van der Waals surface area contributed by atoms with E-state index >= 15 is 0 Å². The molecule has 2 amide bonds. The molecule has 1 aliphatic carbocycles. The van der Waals surface area contributed by atoms with Gasteiger partial charge >= 0.3 is 12.0 Å². The van der Waals surface area contributed by atoms with Gasteiger partial charge in [-0.15, -0.1) is 0 Å². The summed E-state index contributed by atoms with van der Waals surface area (Å²) in [7, 11) is 0. The molecule has 114 valence electrons. The monoisotopic (exact) mass is 284 g/mol. The third kappa shape index (κ3) is 3.42. The average molecular weight is 284 g/mol. The molecule has 6 nitrogen and oxygen atoms in total. The van der Waals surface area contributed by atoms with Gasteiger partial charge in [-0.25, -0.2) is 9.59 Å². The fraction of sp³-hybridized carbons (Fsp3) is 0.857. The summed E-state index contributed by atoms with van der Waals surface area (Å²) in [4.78, 5) is 24.6. The Bertz CT molecular complexity index is 374. The largest absolute Gasteiger partial charge is 0.480 e. The quantitative estimate of drug-likeness (QED) is 0.726. The van der Waals surface area contributed by atoms with Gasteiger partial charge in [0, 0.05) is 19.0 Å². The predicted octanol–water partition coefficient (Wildman–Crippen LogP) is 1.18. The molecule has 0 spiro atoms. The second-order valence-electron chi connectivity index (χ2n) is 5.98. The fourth-order valence-electron chi connectivity index (χ4n) is 3.32. The van der Waals surface area contributed by atoms with Crippen molar-refractivity contribution in [3.05, 3.63) is 0 Å². The molecule has 20 heavy (non-hydrogen) atoms. The molecule has 0 aromatic heterocycles. The molecule has 2 fully saturated rings. The first-order chi connectivity index (χ1) is 9.51. The van der Waals surface area contributed by atoms with Crippen LogP contribution in [-0.4, -0.2) is 51.8 Å². The van der Waals surface area contributed by atoms with Gasteiger partial charge in [-0.3, -0.25) is 0 Å². The van der Waals surface area contributed by atoms with Gasteiger partial charge in [0.2, 0.25) is 0 Å². The van der Waals surface area contributed by atoms with E-state index in [1.165, 1.54) is 11.3 Å². The van der Waals surface area contributed by atoms with Crippen LogP contribution in [-0.2, 0) is 4.79 Å². The molecular weight excluding hydrogens is 260 g/mol. The molecular formula is C14H24N2O4. The summed E-state index contributed by atoms with van der Waals surface area (Å²) in [5.41, 5.74) is 0. The van der Waals surface area contributed by atoms with Crippen molar-refractivity contribution in [1.29, 1.82) is 0 Å². The Kier molecular flexibility index (Phi) is 4.86. The normalized spacial score (nSPS) is 34.0. The fourth-order valence-corrected chi connectivity index (χ4v) is 3.32. The summed E-state index contributed by atoms with van der Waals surface area (Å²) in [6, 6.07) is -1.13. The first-order valence-corrected chi connectivity index (χ1v) is 7.49. The number of rotatable bonds is 3. The maximum Gasteiger partial charge on any atom is 0.326 e. The van der Waals surface area contributed by atoms with Crippen molar-refractivity contribution in [2.24, 2.45) is 5.92 Å². The van der Waals surface area contributed by atoms with Crippen LogP contribution in [0.3, 0.4) is 0 Å². The molecule has 1 aliphatic heterocycles. The number of aliphatic hydroxyl groups is 1. The molecule has 4 atom stereocenters. The number of likely N-dealkylation sites (tertiary alicyclic amines) is 1. The molecule has 0 aromatic rings. The van der Waals surface area contributed by atoms with E-state index in [-0.39, 0.29) is 25.0 Å². The number of β-amino-alcohol motifs (C(OH)–C–C–N with tert-alkyl or cyclic N) is 1. The number of hydrogen-bond donors (Lipinski definition) is 3. The number of hydrogen-bond acceptors (Lipinski definition) is 3. The molecule has 1 heterocycles. The van der Waals surface area contributed by atoms with Crippen LogP contribution in [0, 0.1) is 5.92 Å². The van der Waals surface area contributed by atoms with Crippen LogP contribution in [0.4, 0.5) is 4.79 Å². The lowest BCUT2D eigenvalue weighted by Crippen LogP contribution is -2.50. The first kappa shape index (κ1) is 15.1. The summed E-state index contributed by atoms with van der Waals surface area (Å²) in [5, 5.41) is 21.6. The minimum Gasteiger partial charge on any atom is -0.480 e. The minimum atomic E-state index is -1.05. The SMILES string of the molecule is CCC1CCCC(NC(=O)N2CC(O)CC2C(=O)O)C1. The Morgan fingerprint density at radius 1 is 1.30 bits per heavy atom. The highest BCUT2D eigenvalue weighted by molar-refractivity contribution is 5.83. The number of urea groups is 1. The average Bonchev–Trinajstić information content (AvgIpc) is 2.81. The standard InChI is InChI=1S/C14H24N2O4/c1-2-9-4-3-5-10(6-9)15-14(20)16-8-11(17)7-12(16)13(18)19/h9-12,17H,2-8H2,1H3,(H,15,20)(H,18,19). The smallest absolute Gasteiger partial charge is 0.326 e. The molecule has 3 N–H and O–H groups in total. The van der Waals surface area contributed by atoms with Crippen molar-refractivity contribution in [1.82, 2.24) is 10.2 Å². The number of aliphatic hydroxyl groups excluding tert-OH is 1. The van der Waals surface area contributed by atoms with Crippen LogP contribution in [0.1, 0.15) is 45.4 Å². The molecule has 6 heteroatoms. The predicted molar refractivity (Wildman–Crippen MR) is 73.3 cm³/mol. The Morgan fingerprint density at radius 2 is 2.05 bits per heavy atom. The number of carboxylic acids is 1. The molecule has 2 rings (SSSR count). The topological polar surface area (TPSA) is 89.9 Å². The maximum absolute atomic E-state index is 12.2. The lowest BCUT2D eigenvalue weighted by Gasteiger charge is -2.31. The molecule has 1 saturated heterocycles. The van der Waals surface area contributed by atoms with Gasteiger partial charge < -0.3 is 20.4 Å². The molecule has 2 aliphatic rings. The highest BCUT2D eigenvalue weighted by Gasteiger charge is 2.39. The molecule has 4 unspecified atom stereocenters. The lowest BCUT2D eigenvalue weighted by molar-refractivity contribution is -0.141. The van der Waals surface area contributed by atoms with Crippen molar-refractivity contribution in [2.75, 3.05) is 6.54 Å². The van der Waals surface area contributed by atoms with Crippen molar-refractivity contribution in [3.63, 3.8) is 0 Å². The van der Waals surface area contributed by atoms with E-state index in [4.69, 9.17) is 5.11 Å². The van der Waals surface area contributed by atoms with Crippen LogP contribution in [0.25, 0.3) is 0 Å². The lowest BCUT2D eigenvalue weighted by atomic mass is 9.84. The van der Waals surface area contributed by atoms with E-state index in [0.29, 0.717) is 5.92 Å². The van der Waals surface area contributed by atoms with Gasteiger partial charge in [0.1, 0.15) is 6.04 Å². The van der Waals surface area contributed by atoms with E-state index in [1.54, 1.807) is 0 Å². The van der Waals surface area contributed by atoms with Gasteiger partial charge in [-0.2, -0.15) is 0 Å². The number of amides is 2. The zero-order valence-electron chi connectivity index (χ0n) is 11.9. The third-order valence-electron chi connectivity index (χ3n) is 4.51. The van der Waals surface area contributed by atoms with Crippen molar-refractivity contribution < 1.29 is 19.8 Å². The molecule has 0 bridgehead atoms. The van der Waals surface area contributed by atoms with E-state index in [9.17, 15) is 14.7 Å². The van der Waals surface area contributed by atoms with Crippen LogP contribution < -0.4 is 5.32 Å². The molecule has 0 radical (unpaired) electrons. The van der Waals surface area contributed by atoms with Gasteiger partial charge in [-0.1, -0.05) is 26.2 Å². The third-order valence-corrected chi connectivity index (χ3v) is 4.51.